The van der Waals surface area contributed by atoms with Crippen LogP contribution in [-0.2, 0) is 16.5 Å². The van der Waals surface area contributed by atoms with Crippen LogP contribution in [0.1, 0.15) is 0 Å². The molecule has 1 aliphatic rings. The van der Waals surface area contributed by atoms with Crippen LogP contribution in [0.5, 0.6) is 0 Å². The molecular weight excluding hydrogens is 681 g/mol. The van der Waals surface area contributed by atoms with Gasteiger partial charge in [-0.25, -0.2) is 0 Å². The summed E-state index contributed by atoms with van der Waals surface area (Å²) in [5, 5.41) is 7.03. The van der Waals surface area contributed by atoms with E-state index in [-0.39, 0.29) is 0 Å². The molecule has 1 aliphatic heterocycles. The summed E-state index contributed by atoms with van der Waals surface area (Å²) >= 11 is 0. The lowest BCUT2D eigenvalue weighted by Crippen LogP contribution is -2.84. The Bertz CT molecular complexity index is 1900. The van der Waals surface area contributed by atoms with E-state index in [1.807, 2.05) is 42.5 Å². The maximum absolute atomic E-state index is 8.18. The molecule has 244 valence electrons. The summed E-state index contributed by atoms with van der Waals surface area (Å²) in [6, 6.07) is 73.3. The minimum atomic E-state index is -3.75. The van der Waals surface area contributed by atoms with Crippen LogP contribution in [0.4, 0.5) is 0 Å². The second kappa shape index (κ2) is 14.2. The van der Waals surface area contributed by atoms with Gasteiger partial charge in [0.2, 0.25) is 0 Å². The smallest absolute Gasteiger partial charge is 0.390 e. The van der Waals surface area contributed by atoms with E-state index in [4.69, 9.17) is 16.5 Å². The molecule has 8 rings (SSSR count). The zero-order chi connectivity index (χ0) is 33.7. The van der Waals surface area contributed by atoms with Crippen LogP contribution in [-0.4, -0.2) is 35.0 Å². The van der Waals surface area contributed by atoms with E-state index in [9.17, 15) is 0 Å². The highest BCUT2D eigenvalue weighted by Gasteiger charge is 2.63. The van der Waals surface area contributed by atoms with Crippen molar-refractivity contribution in [2.24, 2.45) is 0 Å². The molecule has 0 spiro atoms. The number of hydrogen-bond acceptors (Lipinski definition) is 4. The van der Waals surface area contributed by atoms with Crippen LogP contribution in [0.3, 0.4) is 0 Å². The fourth-order valence-electron chi connectivity index (χ4n) is 6.73. The Balaban J connectivity index is 1.51. The fraction of sp³-hybridized carbons (Fsp3) is 0. The minimum absolute atomic E-state index is 0.991. The van der Waals surface area contributed by atoms with Crippen LogP contribution in [0, 0.1) is 0 Å². The molecule has 0 unspecified atom stereocenters. The molecule has 0 saturated carbocycles. The van der Waals surface area contributed by atoms with Gasteiger partial charge in [0.25, 0.3) is 0 Å². The highest BCUT2D eigenvalue weighted by atomic mass is 28.5. The van der Waals surface area contributed by atoms with Gasteiger partial charge in [-0.3, -0.25) is 0 Å². The summed E-state index contributed by atoms with van der Waals surface area (Å²) in [6.07, 6.45) is 0. The molecule has 0 N–H and O–H groups in total. The zero-order valence-corrected chi connectivity index (χ0v) is 31.6. The van der Waals surface area contributed by atoms with Crippen LogP contribution in [0.2, 0.25) is 0 Å². The highest BCUT2D eigenvalue weighted by molar-refractivity contribution is 7.12. The predicted molar refractivity (Wildman–Crippen MR) is 211 cm³/mol. The van der Waals surface area contributed by atoms with Crippen LogP contribution < -0.4 is 36.3 Å². The van der Waals surface area contributed by atoms with Crippen molar-refractivity contribution in [2.45, 2.75) is 0 Å². The third-order valence-corrected chi connectivity index (χ3v) is 25.6. The number of benzene rings is 7. The average Bonchev–Trinajstić information content (AvgIpc) is 3.21. The molecule has 0 atom stereocenters. The van der Waals surface area contributed by atoms with Gasteiger partial charge in [0, 0.05) is 0 Å². The van der Waals surface area contributed by atoms with Crippen molar-refractivity contribution in [3.63, 3.8) is 0 Å². The van der Waals surface area contributed by atoms with E-state index in [2.05, 4.69) is 170 Å². The second-order valence-electron chi connectivity index (χ2n) is 12.2. The maximum Gasteiger partial charge on any atom is 0.390 e. The van der Waals surface area contributed by atoms with Crippen molar-refractivity contribution in [2.75, 3.05) is 0 Å². The average molecular weight is 717 g/mol. The van der Waals surface area contributed by atoms with Gasteiger partial charge in [-0.05, 0) is 36.3 Å². The van der Waals surface area contributed by atoms with Gasteiger partial charge in [0.05, 0.1) is 0 Å². The summed E-state index contributed by atoms with van der Waals surface area (Å²) in [5.74, 6) is 0. The van der Waals surface area contributed by atoms with Crippen LogP contribution >= 0.6 is 0 Å². The molecular formula is C42H36O4Si4. The standard InChI is InChI=1S/C42H36O4Si4/c1-8-22-36(23-9-1)47-43-48(37-24-10-2-11-25-37,38-26-12-3-13-27-38)45-50(41-32-18-6-19-33-41,42-34-20-7-21-35-42)46-49(44-47,39-28-14-4-15-29-39)40-30-16-5-17-31-40/h1-35,47H. The van der Waals surface area contributed by atoms with E-state index < -0.39 is 35.0 Å². The lowest BCUT2D eigenvalue weighted by atomic mass is 10.4. The number of rotatable bonds is 7. The van der Waals surface area contributed by atoms with Gasteiger partial charge in [-0.2, -0.15) is 0 Å². The molecule has 8 heteroatoms. The first-order chi connectivity index (χ1) is 24.7. The van der Waals surface area contributed by atoms with Gasteiger partial charge < -0.3 is 16.5 Å². The van der Waals surface area contributed by atoms with Gasteiger partial charge in [0.15, 0.2) is 0 Å². The molecule has 1 heterocycles. The van der Waals surface area contributed by atoms with Crippen LogP contribution in [0.15, 0.2) is 212 Å². The molecule has 0 aromatic heterocycles. The normalized spacial score (nSPS) is 16.9. The van der Waals surface area contributed by atoms with Gasteiger partial charge in [-0.15, -0.1) is 0 Å². The SMILES string of the molecule is c1ccc([SiH]2O[Si](c3ccccc3)(c3ccccc3)O[Si](c3ccccc3)(c3ccccc3)O[Si](c3ccccc3)(c3ccccc3)O2)cc1. The number of hydrogen-bond donors (Lipinski definition) is 0. The molecule has 0 aliphatic carbocycles. The predicted octanol–water partition coefficient (Wildman–Crippen LogP) is 3.96. The highest BCUT2D eigenvalue weighted by Crippen LogP contribution is 2.28. The van der Waals surface area contributed by atoms with E-state index in [1.165, 1.54) is 0 Å². The van der Waals surface area contributed by atoms with Crippen LogP contribution in [0.25, 0.3) is 0 Å². The molecule has 7 aromatic rings. The Morgan fingerprint density at radius 2 is 0.480 bits per heavy atom. The Morgan fingerprint density at radius 3 is 0.740 bits per heavy atom. The molecule has 50 heavy (non-hydrogen) atoms. The van der Waals surface area contributed by atoms with E-state index in [1.54, 1.807) is 0 Å². The second-order valence-corrected chi connectivity index (χ2v) is 24.2. The Morgan fingerprint density at radius 1 is 0.260 bits per heavy atom. The van der Waals surface area contributed by atoms with Crippen molar-refractivity contribution in [3.05, 3.63) is 212 Å². The topological polar surface area (TPSA) is 36.9 Å². The monoisotopic (exact) mass is 716 g/mol. The van der Waals surface area contributed by atoms with Gasteiger partial charge in [0.1, 0.15) is 0 Å². The maximum atomic E-state index is 8.18. The molecule has 0 radical (unpaired) electrons. The van der Waals surface area contributed by atoms with Crippen molar-refractivity contribution in [1.29, 1.82) is 0 Å². The van der Waals surface area contributed by atoms with E-state index in [0.29, 0.717) is 0 Å². The first-order valence-corrected chi connectivity index (χ1v) is 23.8. The summed E-state index contributed by atoms with van der Waals surface area (Å²) < 4.78 is 32.1. The summed E-state index contributed by atoms with van der Waals surface area (Å²) in [5.41, 5.74) is 0. The minimum Gasteiger partial charge on any atom is -0.408 e. The Kier molecular flexibility index (Phi) is 9.24. The van der Waals surface area contributed by atoms with Gasteiger partial charge >= 0.3 is 35.0 Å². The lowest BCUT2D eigenvalue weighted by Gasteiger charge is -2.50. The quantitative estimate of drug-likeness (QED) is 0.234. The molecule has 4 nitrogen and oxygen atoms in total. The van der Waals surface area contributed by atoms with Gasteiger partial charge in [-0.1, -0.05) is 212 Å². The lowest BCUT2D eigenvalue weighted by molar-refractivity contribution is 0.278. The Hall–Kier alpha value is -4.75. The van der Waals surface area contributed by atoms with Crippen molar-refractivity contribution in [1.82, 2.24) is 0 Å². The molecule has 1 fully saturated rings. The van der Waals surface area contributed by atoms with E-state index in [0.717, 1.165) is 36.3 Å². The molecule has 0 amide bonds. The van der Waals surface area contributed by atoms with Crippen molar-refractivity contribution < 1.29 is 16.5 Å². The third kappa shape index (κ3) is 6.02. The first-order valence-electron chi connectivity index (χ1n) is 16.9. The first kappa shape index (κ1) is 32.5. The third-order valence-electron chi connectivity index (χ3n) is 9.12. The molecule has 1 saturated heterocycles. The largest absolute Gasteiger partial charge is 0.408 e. The summed E-state index contributed by atoms with van der Waals surface area (Å²) in [6.45, 7) is 0. The fourth-order valence-corrected chi connectivity index (χ4v) is 27.2. The van der Waals surface area contributed by atoms with Crippen molar-refractivity contribution in [3.8, 4) is 0 Å². The Labute approximate surface area is 298 Å². The molecule has 0 bridgehead atoms. The summed E-state index contributed by atoms with van der Waals surface area (Å²) in [4.78, 5) is 0. The van der Waals surface area contributed by atoms with E-state index >= 15 is 0 Å². The van der Waals surface area contributed by atoms with Crippen molar-refractivity contribution >= 4 is 71.3 Å². The zero-order valence-electron chi connectivity index (χ0n) is 27.4. The molecule has 7 aromatic carbocycles. The summed E-state index contributed by atoms with van der Waals surface area (Å²) in [7, 11) is -13.9.